The van der Waals surface area contributed by atoms with Crippen LogP contribution in [0, 0.1) is 0 Å². The van der Waals surface area contributed by atoms with Gasteiger partial charge in [0.1, 0.15) is 5.76 Å². The highest BCUT2D eigenvalue weighted by atomic mass is 127. The summed E-state index contributed by atoms with van der Waals surface area (Å²) >= 11 is 0. The number of hydrogen-bond acceptors (Lipinski definition) is 5. The fourth-order valence-electron chi connectivity index (χ4n) is 3.42. The van der Waals surface area contributed by atoms with Crippen LogP contribution in [0.15, 0.2) is 52.1 Å². The Bertz CT molecular complexity index is 789. The molecule has 1 unspecified atom stereocenters. The molecule has 0 radical (unpaired) electrons. The van der Waals surface area contributed by atoms with E-state index in [2.05, 4.69) is 30.6 Å². The van der Waals surface area contributed by atoms with Gasteiger partial charge in [0.15, 0.2) is 5.96 Å². The number of carbonyl (C=O) groups excluding carboxylic acids is 1. The smallest absolute Gasteiger partial charge is 0.411 e. The van der Waals surface area contributed by atoms with Crippen LogP contribution < -0.4 is 16.0 Å². The van der Waals surface area contributed by atoms with Crippen molar-refractivity contribution < 1.29 is 13.9 Å². The summed E-state index contributed by atoms with van der Waals surface area (Å²) in [5.74, 6) is 1.71. The molecule has 1 aromatic carbocycles. The second kappa shape index (κ2) is 12.4. The minimum absolute atomic E-state index is 0. The van der Waals surface area contributed by atoms with Gasteiger partial charge in [-0.05, 0) is 55.8 Å². The first-order valence-electron chi connectivity index (χ1n) is 9.85. The lowest BCUT2D eigenvalue weighted by atomic mass is 10.2. The number of carbonyl (C=O) groups is 1. The molecule has 8 nitrogen and oxygen atoms in total. The number of guanidine groups is 1. The van der Waals surface area contributed by atoms with E-state index in [-0.39, 0.29) is 30.0 Å². The van der Waals surface area contributed by atoms with Gasteiger partial charge in [-0.3, -0.25) is 15.2 Å². The summed E-state index contributed by atoms with van der Waals surface area (Å²) in [6.45, 7) is 3.51. The minimum atomic E-state index is -0.482. The van der Waals surface area contributed by atoms with Gasteiger partial charge in [0.25, 0.3) is 0 Å². The van der Waals surface area contributed by atoms with E-state index in [1.54, 1.807) is 13.3 Å². The largest absolute Gasteiger partial charge is 0.468 e. The molecule has 2 heterocycles. The zero-order valence-electron chi connectivity index (χ0n) is 17.4. The van der Waals surface area contributed by atoms with Gasteiger partial charge >= 0.3 is 6.09 Å². The molecule has 9 heteroatoms. The van der Waals surface area contributed by atoms with Crippen molar-refractivity contribution in [1.29, 1.82) is 0 Å². The average Bonchev–Trinajstić information content (AvgIpc) is 3.46. The average molecular weight is 527 g/mol. The summed E-state index contributed by atoms with van der Waals surface area (Å²) in [5.41, 5.74) is 1.76. The summed E-state index contributed by atoms with van der Waals surface area (Å²) in [6.07, 6.45) is 3.70. The second-order valence-electron chi connectivity index (χ2n) is 6.89. The monoisotopic (exact) mass is 527 g/mol. The molecule has 30 heavy (non-hydrogen) atoms. The number of furan rings is 1. The summed E-state index contributed by atoms with van der Waals surface area (Å²) in [4.78, 5) is 18.0. The Balaban J connectivity index is 0.00000320. The van der Waals surface area contributed by atoms with Crippen molar-refractivity contribution in [1.82, 2.24) is 15.5 Å². The predicted molar refractivity (Wildman–Crippen MR) is 128 cm³/mol. The summed E-state index contributed by atoms with van der Waals surface area (Å²) < 4.78 is 10.3. The van der Waals surface area contributed by atoms with Gasteiger partial charge in [0.05, 0.1) is 19.4 Å². The van der Waals surface area contributed by atoms with Crippen LogP contribution in [-0.2, 0) is 11.3 Å². The Hall–Kier alpha value is -2.27. The molecule has 0 aliphatic carbocycles. The standard InChI is InChI=1S/C21H29N5O3.HI/c1-22-20(23-14-16-7-9-17(10-8-16)25-21(27)28-2)24-15-18(19-6-5-13-29-19)26-11-3-4-12-26;/h5-10,13,18H,3-4,11-12,14-15H2,1-2H3,(H,25,27)(H2,22,23,24);1H. The van der Waals surface area contributed by atoms with Gasteiger partial charge in [-0.25, -0.2) is 4.79 Å². The topological polar surface area (TPSA) is 91.1 Å². The van der Waals surface area contributed by atoms with Gasteiger partial charge in [0.2, 0.25) is 0 Å². The van der Waals surface area contributed by atoms with Crippen molar-refractivity contribution in [2.24, 2.45) is 4.99 Å². The van der Waals surface area contributed by atoms with Gasteiger partial charge in [-0.1, -0.05) is 12.1 Å². The number of nitrogens with one attached hydrogen (secondary N) is 3. The molecule has 1 aromatic heterocycles. The molecule has 1 saturated heterocycles. The Morgan fingerprint density at radius 2 is 1.93 bits per heavy atom. The van der Waals surface area contributed by atoms with Crippen molar-refractivity contribution in [3.8, 4) is 0 Å². The molecule has 1 fully saturated rings. The third-order valence-electron chi connectivity index (χ3n) is 4.99. The van der Waals surface area contributed by atoms with Crippen molar-refractivity contribution in [3.05, 3.63) is 54.0 Å². The summed E-state index contributed by atoms with van der Waals surface area (Å²) in [7, 11) is 3.10. The zero-order valence-corrected chi connectivity index (χ0v) is 19.7. The maximum atomic E-state index is 11.2. The van der Waals surface area contributed by atoms with Gasteiger partial charge in [-0.15, -0.1) is 24.0 Å². The van der Waals surface area contributed by atoms with Crippen LogP contribution in [0.1, 0.15) is 30.2 Å². The highest BCUT2D eigenvalue weighted by Gasteiger charge is 2.25. The second-order valence-corrected chi connectivity index (χ2v) is 6.89. The van der Waals surface area contributed by atoms with Gasteiger partial charge in [0, 0.05) is 25.8 Å². The SMILES string of the molecule is CN=C(NCc1ccc(NC(=O)OC)cc1)NCC(c1ccco1)N1CCCC1.I. The van der Waals surface area contributed by atoms with Crippen LogP contribution in [0.5, 0.6) is 0 Å². The molecule has 0 spiro atoms. The van der Waals surface area contributed by atoms with E-state index in [9.17, 15) is 4.79 Å². The van der Waals surface area contributed by atoms with E-state index in [1.807, 2.05) is 36.4 Å². The van der Waals surface area contributed by atoms with E-state index >= 15 is 0 Å². The van der Waals surface area contributed by atoms with Crippen LogP contribution >= 0.6 is 24.0 Å². The molecule has 1 aliphatic heterocycles. The number of ether oxygens (including phenoxy) is 1. The quantitative estimate of drug-likeness (QED) is 0.290. The Morgan fingerprint density at radius 1 is 1.20 bits per heavy atom. The van der Waals surface area contributed by atoms with E-state index in [0.29, 0.717) is 12.2 Å². The van der Waals surface area contributed by atoms with Crippen molar-refractivity contribution in [2.75, 3.05) is 39.1 Å². The predicted octanol–water partition coefficient (Wildman–Crippen LogP) is 3.58. The normalized spacial score (nSPS) is 15.2. The fraction of sp³-hybridized carbons (Fsp3) is 0.429. The Kier molecular flexibility index (Phi) is 9.95. The van der Waals surface area contributed by atoms with E-state index in [0.717, 1.165) is 36.9 Å². The number of halogens is 1. The molecule has 3 rings (SSSR count). The first-order valence-corrected chi connectivity index (χ1v) is 9.85. The third kappa shape index (κ3) is 6.91. The Labute approximate surface area is 194 Å². The maximum Gasteiger partial charge on any atom is 0.411 e. The van der Waals surface area contributed by atoms with Crippen LogP contribution in [0.3, 0.4) is 0 Å². The third-order valence-corrected chi connectivity index (χ3v) is 4.99. The molecular weight excluding hydrogens is 497 g/mol. The van der Waals surface area contributed by atoms with E-state index in [4.69, 9.17) is 4.42 Å². The highest BCUT2D eigenvalue weighted by molar-refractivity contribution is 14.0. The molecule has 3 N–H and O–H groups in total. The zero-order chi connectivity index (χ0) is 20.5. The molecule has 1 atom stereocenters. The molecule has 164 valence electrons. The van der Waals surface area contributed by atoms with Gasteiger partial charge in [-0.2, -0.15) is 0 Å². The number of rotatable bonds is 7. The van der Waals surface area contributed by atoms with E-state index < -0.39 is 6.09 Å². The molecular formula is C21H30IN5O3. The lowest BCUT2D eigenvalue weighted by Crippen LogP contribution is -2.42. The number of methoxy groups -OCH3 is 1. The van der Waals surface area contributed by atoms with Crippen molar-refractivity contribution >= 4 is 41.7 Å². The number of likely N-dealkylation sites (tertiary alicyclic amines) is 1. The number of nitrogens with zero attached hydrogens (tertiary/aromatic N) is 2. The molecule has 2 aromatic rings. The lowest BCUT2D eigenvalue weighted by molar-refractivity contribution is 0.187. The van der Waals surface area contributed by atoms with Crippen LogP contribution in [0.4, 0.5) is 10.5 Å². The number of benzene rings is 1. The molecule has 0 bridgehead atoms. The Morgan fingerprint density at radius 3 is 2.53 bits per heavy atom. The van der Waals surface area contributed by atoms with Crippen LogP contribution in [-0.4, -0.2) is 50.7 Å². The van der Waals surface area contributed by atoms with Crippen molar-refractivity contribution in [3.63, 3.8) is 0 Å². The highest BCUT2D eigenvalue weighted by Crippen LogP contribution is 2.24. The van der Waals surface area contributed by atoms with Gasteiger partial charge < -0.3 is 19.8 Å². The lowest BCUT2D eigenvalue weighted by Gasteiger charge is -2.26. The molecule has 0 saturated carbocycles. The maximum absolute atomic E-state index is 11.2. The number of anilines is 1. The first kappa shape index (κ1) is 24.0. The molecule has 1 aliphatic rings. The summed E-state index contributed by atoms with van der Waals surface area (Å²) in [6, 6.07) is 11.7. The number of aliphatic imine (C=N–C) groups is 1. The van der Waals surface area contributed by atoms with Crippen LogP contribution in [0.25, 0.3) is 0 Å². The number of hydrogen-bond donors (Lipinski definition) is 3. The van der Waals surface area contributed by atoms with Crippen LogP contribution in [0.2, 0.25) is 0 Å². The minimum Gasteiger partial charge on any atom is -0.468 e. The first-order chi connectivity index (χ1) is 14.2. The summed E-state index contributed by atoms with van der Waals surface area (Å²) in [5, 5.41) is 9.38. The fourth-order valence-corrected chi connectivity index (χ4v) is 3.42. The number of amides is 1. The van der Waals surface area contributed by atoms with E-state index in [1.165, 1.54) is 20.0 Å². The van der Waals surface area contributed by atoms with Crippen molar-refractivity contribution in [2.45, 2.75) is 25.4 Å². The molecule has 1 amide bonds.